The van der Waals surface area contributed by atoms with Crippen molar-refractivity contribution in [3.63, 3.8) is 0 Å². The summed E-state index contributed by atoms with van der Waals surface area (Å²) in [5.41, 5.74) is 1.29. The van der Waals surface area contributed by atoms with Gasteiger partial charge in [-0.05, 0) is 44.4 Å². The van der Waals surface area contributed by atoms with Gasteiger partial charge in [-0.15, -0.1) is 10.2 Å². The molecule has 2 heterocycles. The van der Waals surface area contributed by atoms with Gasteiger partial charge in [0.1, 0.15) is 22.8 Å². The first-order valence-electron chi connectivity index (χ1n) is 11.9. The maximum Gasteiger partial charge on any atom is 0.264 e. The summed E-state index contributed by atoms with van der Waals surface area (Å²) in [6.07, 6.45) is 2.27. The van der Waals surface area contributed by atoms with E-state index in [1.807, 2.05) is 44.2 Å². The second kappa shape index (κ2) is 10.3. The van der Waals surface area contributed by atoms with E-state index in [9.17, 15) is 9.90 Å². The quantitative estimate of drug-likeness (QED) is 0.320. The molecule has 0 fully saturated rings. The Morgan fingerprint density at radius 1 is 0.944 bits per heavy atom. The zero-order valence-corrected chi connectivity index (χ0v) is 21.2. The van der Waals surface area contributed by atoms with Crippen molar-refractivity contribution < 1.29 is 19.0 Å². The van der Waals surface area contributed by atoms with Crippen molar-refractivity contribution in [2.45, 2.75) is 45.4 Å². The summed E-state index contributed by atoms with van der Waals surface area (Å²) in [5.74, 6) is 0.993. The van der Waals surface area contributed by atoms with Gasteiger partial charge in [-0.2, -0.15) is 0 Å². The number of aromatic nitrogens is 3. The zero-order chi connectivity index (χ0) is 25.9. The molecule has 0 aliphatic rings. The lowest BCUT2D eigenvalue weighted by atomic mass is 9.85. The second-order valence-corrected chi connectivity index (χ2v) is 9.08. The van der Waals surface area contributed by atoms with E-state index in [0.717, 1.165) is 18.4 Å². The van der Waals surface area contributed by atoms with E-state index < -0.39 is 11.0 Å². The van der Waals surface area contributed by atoms with Crippen molar-refractivity contribution in [2.75, 3.05) is 14.2 Å². The van der Waals surface area contributed by atoms with Gasteiger partial charge in [0.25, 0.3) is 11.4 Å². The SMILES string of the molecule is CCCCc1[nH]c(=O)c(-c2nnc(C(C)(C)c3ccccc3)o2)c(O)c1-c1c(OC)cccc1OC. The summed E-state index contributed by atoms with van der Waals surface area (Å²) >= 11 is 0. The van der Waals surface area contributed by atoms with Crippen LogP contribution in [0.4, 0.5) is 0 Å². The Hall–Kier alpha value is -4.07. The highest BCUT2D eigenvalue weighted by Gasteiger charge is 2.32. The van der Waals surface area contributed by atoms with E-state index >= 15 is 0 Å². The highest BCUT2D eigenvalue weighted by atomic mass is 16.5. The topological polar surface area (TPSA) is 110 Å². The predicted octanol–water partition coefficient (Wildman–Crippen LogP) is 5.48. The van der Waals surface area contributed by atoms with E-state index in [2.05, 4.69) is 22.1 Å². The summed E-state index contributed by atoms with van der Waals surface area (Å²) in [6.45, 7) is 5.98. The number of aryl methyl sites for hydroxylation is 1. The summed E-state index contributed by atoms with van der Waals surface area (Å²) in [4.78, 5) is 16.2. The Morgan fingerprint density at radius 3 is 2.22 bits per heavy atom. The number of hydrogen-bond acceptors (Lipinski definition) is 7. The molecule has 2 N–H and O–H groups in total. The van der Waals surface area contributed by atoms with Gasteiger partial charge in [-0.25, -0.2) is 0 Å². The van der Waals surface area contributed by atoms with Crippen LogP contribution in [0, 0.1) is 0 Å². The molecule has 0 saturated heterocycles. The average molecular weight is 490 g/mol. The third-order valence-corrected chi connectivity index (χ3v) is 6.39. The largest absolute Gasteiger partial charge is 0.506 e. The molecular formula is C28H31N3O5. The van der Waals surface area contributed by atoms with Crippen molar-refractivity contribution in [3.05, 3.63) is 76.0 Å². The van der Waals surface area contributed by atoms with Crippen LogP contribution in [-0.4, -0.2) is 34.5 Å². The number of H-pyrrole nitrogens is 1. The number of nitrogens with one attached hydrogen (secondary N) is 1. The number of hydrogen-bond donors (Lipinski definition) is 2. The maximum atomic E-state index is 13.2. The van der Waals surface area contributed by atoms with Crippen molar-refractivity contribution in [1.29, 1.82) is 0 Å². The first-order valence-corrected chi connectivity index (χ1v) is 11.9. The van der Waals surface area contributed by atoms with Crippen LogP contribution in [0.2, 0.25) is 0 Å². The lowest BCUT2D eigenvalue weighted by molar-refractivity contribution is 0.396. The molecule has 2 aromatic carbocycles. The summed E-state index contributed by atoms with van der Waals surface area (Å²) in [7, 11) is 3.09. The van der Waals surface area contributed by atoms with E-state index in [-0.39, 0.29) is 17.2 Å². The molecule has 0 spiro atoms. The van der Waals surface area contributed by atoms with Gasteiger partial charge in [0.2, 0.25) is 5.89 Å². The van der Waals surface area contributed by atoms with Crippen LogP contribution in [0.25, 0.3) is 22.6 Å². The first kappa shape index (κ1) is 25.0. The molecule has 0 aliphatic heterocycles. The minimum Gasteiger partial charge on any atom is -0.506 e. The van der Waals surface area contributed by atoms with Crippen molar-refractivity contribution in [2.24, 2.45) is 0 Å². The zero-order valence-electron chi connectivity index (χ0n) is 21.2. The number of ether oxygens (including phenoxy) is 2. The van der Waals surface area contributed by atoms with Gasteiger partial charge in [0.15, 0.2) is 0 Å². The Balaban J connectivity index is 1.93. The van der Waals surface area contributed by atoms with E-state index in [4.69, 9.17) is 13.9 Å². The predicted molar refractivity (Wildman–Crippen MR) is 138 cm³/mol. The molecule has 0 aliphatic carbocycles. The monoisotopic (exact) mass is 489 g/mol. The van der Waals surface area contributed by atoms with Crippen LogP contribution in [-0.2, 0) is 11.8 Å². The summed E-state index contributed by atoms with van der Waals surface area (Å²) in [6, 6.07) is 15.1. The molecule has 8 nitrogen and oxygen atoms in total. The molecule has 0 saturated carbocycles. The lowest BCUT2D eigenvalue weighted by Crippen LogP contribution is -2.19. The second-order valence-electron chi connectivity index (χ2n) is 9.08. The van der Waals surface area contributed by atoms with E-state index in [1.54, 1.807) is 32.4 Å². The van der Waals surface area contributed by atoms with Crippen molar-refractivity contribution in [3.8, 4) is 39.8 Å². The molecule has 4 aromatic rings. The number of rotatable bonds is 9. The van der Waals surface area contributed by atoms with Gasteiger partial charge >= 0.3 is 0 Å². The number of nitrogens with zero attached hydrogens (tertiary/aromatic N) is 2. The minimum atomic E-state index is -0.606. The Kier molecular flexibility index (Phi) is 7.15. The molecule has 0 radical (unpaired) electrons. The summed E-state index contributed by atoms with van der Waals surface area (Å²) < 4.78 is 17.2. The average Bonchev–Trinajstić information content (AvgIpc) is 3.38. The number of pyridine rings is 1. The highest BCUT2D eigenvalue weighted by molar-refractivity contribution is 5.87. The lowest BCUT2D eigenvalue weighted by Gasteiger charge is -2.20. The minimum absolute atomic E-state index is 0.0649. The number of benzene rings is 2. The van der Waals surface area contributed by atoms with Gasteiger partial charge < -0.3 is 24.0 Å². The molecule has 0 amide bonds. The van der Waals surface area contributed by atoms with E-state index in [1.165, 1.54) is 0 Å². The molecule has 36 heavy (non-hydrogen) atoms. The molecular weight excluding hydrogens is 458 g/mol. The Labute approximate surface area is 209 Å². The maximum absolute atomic E-state index is 13.2. The number of aromatic hydroxyl groups is 1. The number of unbranched alkanes of at least 4 members (excludes halogenated alkanes) is 1. The first-order chi connectivity index (χ1) is 17.3. The van der Waals surface area contributed by atoms with Gasteiger partial charge in [-0.1, -0.05) is 49.7 Å². The van der Waals surface area contributed by atoms with Crippen LogP contribution < -0.4 is 15.0 Å². The van der Waals surface area contributed by atoms with Crippen molar-refractivity contribution in [1.82, 2.24) is 15.2 Å². The molecule has 0 atom stereocenters. The standard InChI is InChI=1S/C28H31N3O5/c1-6-7-14-18-21(22-19(34-4)15-11-16-20(22)35-5)24(32)23(25(33)29-18)26-30-31-27(36-26)28(2,3)17-12-9-8-10-13-17/h8-13,15-16H,6-7,14H2,1-5H3,(H2,29,32,33). The fourth-order valence-electron chi connectivity index (χ4n) is 4.30. The van der Waals surface area contributed by atoms with Gasteiger partial charge in [-0.3, -0.25) is 4.79 Å². The molecule has 2 aromatic heterocycles. The highest BCUT2D eigenvalue weighted by Crippen LogP contribution is 2.46. The number of aromatic amines is 1. The van der Waals surface area contributed by atoms with Crippen LogP contribution in [0.5, 0.6) is 17.2 Å². The van der Waals surface area contributed by atoms with E-state index in [0.29, 0.717) is 40.6 Å². The molecule has 4 rings (SSSR count). The molecule has 0 bridgehead atoms. The van der Waals surface area contributed by atoms with Crippen LogP contribution >= 0.6 is 0 Å². The Morgan fingerprint density at radius 2 is 1.61 bits per heavy atom. The molecule has 188 valence electrons. The summed E-state index contributed by atoms with van der Waals surface area (Å²) in [5, 5.41) is 20.0. The van der Waals surface area contributed by atoms with Gasteiger partial charge in [0, 0.05) is 5.69 Å². The third-order valence-electron chi connectivity index (χ3n) is 6.39. The Bertz CT molecular complexity index is 1380. The normalized spacial score (nSPS) is 11.5. The third kappa shape index (κ3) is 4.46. The fraction of sp³-hybridized carbons (Fsp3) is 0.321. The van der Waals surface area contributed by atoms with Gasteiger partial charge in [0.05, 0.1) is 30.8 Å². The fourth-order valence-corrected chi connectivity index (χ4v) is 4.30. The van der Waals surface area contributed by atoms with Crippen LogP contribution in [0.15, 0.2) is 57.7 Å². The van der Waals surface area contributed by atoms with Crippen LogP contribution in [0.1, 0.15) is 50.8 Å². The molecule has 8 heteroatoms. The van der Waals surface area contributed by atoms with Crippen LogP contribution in [0.3, 0.4) is 0 Å². The molecule has 0 unspecified atom stereocenters. The van der Waals surface area contributed by atoms with Crippen molar-refractivity contribution >= 4 is 0 Å². The number of methoxy groups -OCH3 is 2. The smallest absolute Gasteiger partial charge is 0.264 e.